The lowest BCUT2D eigenvalue weighted by molar-refractivity contribution is -0.00241. The van der Waals surface area contributed by atoms with Gasteiger partial charge in [-0.05, 0) is 266 Å². The van der Waals surface area contributed by atoms with Gasteiger partial charge in [0, 0.05) is 75.4 Å². The summed E-state index contributed by atoms with van der Waals surface area (Å²) >= 11 is 0. The van der Waals surface area contributed by atoms with E-state index in [1.54, 1.807) is 21.9 Å². The third-order valence-electron chi connectivity index (χ3n) is 24.4. The molecule has 8 N–H and O–H groups in total. The van der Waals surface area contributed by atoms with E-state index in [1.807, 2.05) is 162 Å². The molecule has 3 fully saturated rings. The standard InChI is InChI=1S/C30H43NO5Si.C28H33N3O2.C27H32N4O2.C8H13N3.B/c1-29(2,3)35-28(34)31-24(20-21-14-16-23(17-15-21)27(32)33)18-19-25(31)26(22-12-10-9-11-13-22)36-37(7,8)30(4,5)6;1-31(18-26-24-8-5-9-25(24)29-30-26)28(33)22-13-10-19(11-14-22)16-20-12-15-23(17-20)27(32)21-6-3-2-4-7-21;1-31(17-25-22-8-5-9-23(22)29-30-25)27(33)20-12-10-18(11-13-20)16-21-14-15-24(28-21)26(32)19-6-3-2-4-7-19;1-9-5-8-6-3-2-4-7(6)10-11-8;/h9-17,24-26H,18-20H2,1-8H3,(H,32,33);2-4,6-7,10-11,13-14,20,23,27,32H,5,8-9,12,15-18H2,1H3,(H,29,30);2-4,6-7,10-13,21,24,26,28,32H,5,8-9,14-17H2,1H3,(H,29,30);9H,2-5H2,1H3,(H,10,11);/t24-,25+,26+;20-,23-,27+;21-,24+,26+;;/m000../s1. The van der Waals surface area contributed by atoms with Crippen molar-refractivity contribution in [3.63, 3.8) is 0 Å². The number of rotatable bonds is 23. The van der Waals surface area contributed by atoms with E-state index in [9.17, 15) is 34.5 Å². The molecule has 2 saturated heterocycles. The van der Waals surface area contributed by atoms with Gasteiger partial charge >= 0.3 is 12.1 Å². The first-order chi connectivity index (χ1) is 54.7. The van der Waals surface area contributed by atoms with E-state index in [4.69, 9.17) is 9.16 Å². The van der Waals surface area contributed by atoms with E-state index in [1.165, 1.54) is 76.3 Å². The number of aromatic carboxylic acids is 1. The first kappa shape index (κ1) is 86.6. The van der Waals surface area contributed by atoms with Crippen molar-refractivity contribution in [2.24, 2.45) is 11.8 Å². The number of carbonyl (C=O) groups is 4. The number of hydrogen-bond donors (Lipinski definition) is 8. The zero-order valence-corrected chi connectivity index (χ0v) is 70.4. The third kappa shape index (κ3) is 22.3. The fraction of sp³-hybridized carbons (Fsp3) is 0.473. The van der Waals surface area contributed by atoms with E-state index >= 15 is 0 Å². The van der Waals surface area contributed by atoms with Crippen LogP contribution in [0.15, 0.2) is 164 Å². The number of likely N-dealkylation sites (tertiary alicyclic amines) is 1. The number of aromatic nitrogens is 6. The Morgan fingerprint density at radius 1 is 0.548 bits per heavy atom. The van der Waals surface area contributed by atoms with Gasteiger partial charge in [0.15, 0.2) is 8.32 Å². The molecule has 6 aliphatic rings. The molecule has 2 aliphatic heterocycles. The van der Waals surface area contributed by atoms with Gasteiger partial charge in [0.2, 0.25) is 0 Å². The fourth-order valence-corrected chi connectivity index (χ4v) is 18.5. The lowest BCUT2D eigenvalue weighted by atomic mass is 9.91. The van der Waals surface area contributed by atoms with Crippen LogP contribution in [0.2, 0.25) is 18.1 Å². The molecule has 0 spiro atoms. The second-order valence-corrected chi connectivity index (χ2v) is 39.7. The molecule has 3 amide bonds. The second-order valence-electron chi connectivity index (χ2n) is 34.9. The first-order valence-electron chi connectivity index (χ1n) is 41.4. The highest BCUT2D eigenvalue weighted by molar-refractivity contribution is 6.74. The van der Waals surface area contributed by atoms with Crippen LogP contribution in [0.5, 0.6) is 0 Å². The second kappa shape index (κ2) is 39.1. The van der Waals surface area contributed by atoms with E-state index in [0.29, 0.717) is 43.0 Å². The zero-order valence-electron chi connectivity index (χ0n) is 69.4. The summed E-state index contributed by atoms with van der Waals surface area (Å²) in [5.41, 5.74) is 18.6. The fourth-order valence-electron chi connectivity index (χ4n) is 17.2. The normalized spacial score (nSPS) is 19.5. The van der Waals surface area contributed by atoms with Crippen LogP contribution in [0, 0.1) is 11.8 Å². The zero-order chi connectivity index (χ0) is 80.8. The highest BCUT2D eigenvalue weighted by Crippen LogP contribution is 2.46. The summed E-state index contributed by atoms with van der Waals surface area (Å²) in [4.78, 5) is 56.3. The summed E-state index contributed by atoms with van der Waals surface area (Å²) < 4.78 is 13.0. The van der Waals surface area contributed by atoms with Crippen LogP contribution in [-0.4, -0.2) is 152 Å². The Bertz CT molecular complexity index is 4440. The van der Waals surface area contributed by atoms with E-state index < -0.39 is 26.0 Å². The van der Waals surface area contributed by atoms with Gasteiger partial charge < -0.3 is 44.9 Å². The van der Waals surface area contributed by atoms with Crippen molar-refractivity contribution in [3.8, 4) is 0 Å². The molecule has 20 nitrogen and oxygen atoms in total. The number of nitrogens with one attached hydrogen (secondary N) is 5. The van der Waals surface area contributed by atoms with Crippen molar-refractivity contribution in [1.29, 1.82) is 0 Å². The lowest BCUT2D eigenvalue weighted by Gasteiger charge is -2.43. The number of aryl methyl sites for hydroxylation is 3. The molecule has 115 heavy (non-hydrogen) atoms. The molecule has 1 saturated carbocycles. The smallest absolute Gasteiger partial charge is 0.410 e. The Morgan fingerprint density at radius 2 is 1.00 bits per heavy atom. The molecule has 15 rings (SSSR count). The Kier molecular flexibility index (Phi) is 29.4. The van der Waals surface area contributed by atoms with Gasteiger partial charge in [0.25, 0.3) is 11.8 Å². The van der Waals surface area contributed by atoms with E-state index in [0.717, 1.165) is 136 Å². The number of ether oxygens (including phenoxy) is 1. The van der Waals surface area contributed by atoms with Gasteiger partial charge in [-0.1, -0.05) is 148 Å². The molecule has 3 radical (unpaired) electrons. The van der Waals surface area contributed by atoms with Crippen molar-refractivity contribution in [2.45, 2.75) is 249 Å². The van der Waals surface area contributed by atoms with Crippen LogP contribution in [0.1, 0.15) is 239 Å². The maximum absolute atomic E-state index is 13.7. The van der Waals surface area contributed by atoms with E-state index in [-0.39, 0.29) is 67.3 Å². The van der Waals surface area contributed by atoms with Gasteiger partial charge in [-0.2, -0.15) is 15.3 Å². The molecule has 9 aromatic rings. The van der Waals surface area contributed by atoms with Crippen molar-refractivity contribution in [1.82, 2.24) is 55.9 Å². The highest BCUT2D eigenvalue weighted by Gasteiger charge is 2.48. The van der Waals surface area contributed by atoms with Crippen LogP contribution in [0.25, 0.3) is 0 Å². The molecule has 609 valence electrons. The van der Waals surface area contributed by atoms with E-state index in [2.05, 4.69) is 111 Å². The largest absolute Gasteiger partial charge is 0.478 e. The Morgan fingerprint density at radius 3 is 1.48 bits per heavy atom. The number of amides is 3. The van der Waals surface area contributed by atoms with Gasteiger partial charge in [0.05, 0.1) is 60.1 Å². The maximum Gasteiger partial charge on any atom is 0.410 e. The third-order valence-corrected chi connectivity index (χ3v) is 28.8. The quantitative estimate of drug-likeness (QED) is 0.0277. The predicted octanol–water partition coefficient (Wildman–Crippen LogP) is 16.1. The SMILES string of the molecule is CC(C)(C)OC(=O)N1[C@H](Cc2ccc(C(=O)O)cc2)CC[C@@H]1[C@H](O[Si](C)(C)C(C)(C)C)c1ccccc1.CN(Cc1n[nH]c2c1CCC2)C(=O)c1ccc(C[C@@H]2CC[C@H]([C@H](O)c3ccccc3)C2)cc1.CN(Cc1n[nH]c2c1CCC2)C(=O)c1ccc(C[C@@H]2CC[C@H]([C@H](O)c3ccccc3)N2)cc1.CNCc1n[nH]c2c1CCC2.[B]. The van der Waals surface area contributed by atoms with Crippen LogP contribution in [0.4, 0.5) is 4.79 Å². The lowest BCUT2D eigenvalue weighted by Crippen LogP contribution is -2.50. The van der Waals surface area contributed by atoms with Gasteiger partial charge in [-0.25, -0.2) is 9.59 Å². The average Bonchev–Trinajstić information content (AvgIpc) is 1.57. The molecule has 0 unspecified atom stereocenters. The number of carbonyl (C=O) groups excluding carboxylic acids is 3. The molecule has 6 aromatic carbocycles. The number of nitrogens with zero attached hydrogens (tertiary/aromatic N) is 6. The Hall–Kier alpha value is -9.29. The van der Waals surface area contributed by atoms with Crippen LogP contribution in [-0.2, 0) is 86.6 Å². The van der Waals surface area contributed by atoms with Gasteiger partial charge in [-0.3, -0.25) is 29.8 Å². The minimum atomic E-state index is -2.18. The molecule has 5 heterocycles. The minimum absolute atomic E-state index is 0. The summed E-state index contributed by atoms with van der Waals surface area (Å²) in [6.45, 7) is 18.8. The average molecular weight is 1580 g/mol. The van der Waals surface area contributed by atoms with Crippen molar-refractivity contribution in [2.75, 3.05) is 21.1 Å². The molecule has 3 aromatic heterocycles. The molecular formula is C93H121BN11O9Si. The number of fused-ring (bicyclic) bond motifs is 3. The maximum atomic E-state index is 13.7. The molecule has 9 atom stereocenters. The molecule has 0 bridgehead atoms. The van der Waals surface area contributed by atoms with Crippen molar-refractivity contribution in [3.05, 3.63) is 265 Å². The van der Waals surface area contributed by atoms with Gasteiger partial charge in [0.1, 0.15) is 5.60 Å². The summed E-state index contributed by atoms with van der Waals surface area (Å²) in [7, 11) is 3.47. The number of aliphatic hydroxyl groups is 2. The summed E-state index contributed by atoms with van der Waals surface area (Å²) in [5.74, 6) is 0.00984. The Balaban J connectivity index is 0.000000158. The monoisotopic (exact) mass is 1570 g/mol. The summed E-state index contributed by atoms with van der Waals surface area (Å²) in [6, 6.07) is 53.2. The number of aliphatic hydroxyl groups excluding tert-OH is 2. The molecular weight excluding hydrogens is 1450 g/mol. The Labute approximate surface area is 683 Å². The molecule has 4 aliphatic carbocycles. The van der Waals surface area contributed by atoms with Gasteiger partial charge in [-0.15, -0.1) is 0 Å². The number of benzene rings is 6. The van der Waals surface area contributed by atoms with Crippen molar-refractivity contribution < 1.29 is 43.7 Å². The highest BCUT2D eigenvalue weighted by atomic mass is 28.4. The number of carboxylic acid groups (broad SMARTS) is 1. The first-order valence-corrected chi connectivity index (χ1v) is 44.3. The van der Waals surface area contributed by atoms with Crippen LogP contribution in [0.3, 0.4) is 0 Å². The number of H-pyrrole nitrogens is 3. The topological polar surface area (TPSA) is 267 Å². The number of aromatic amines is 3. The van der Waals surface area contributed by atoms with Crippen LogP contribution < -0.4 is 10.6 Å². The summed E-state index contributed by atoms with van der Waals surface area (Å²) in [6.07, 6.45) is 18.2. The van der Waals surface area contributed by atoms with Crippen molar-refractivity contribution >= 4 is 40.6 Å². The number of carboxylic acids is 1. The summed E-state index contributed by atoms with van der Waals surface area (Å²) in [5, 5.41) is 59.8. The van der Waals surface area contributed by atoms with Crippen LogP contribution >= 0.6 is 0 Å². The predicted molar refractivity (Wildman–Crippen MR) is 455 cm³/mol. The minimum Gasteiger partial charge on any atom is -0.478 e. The molecule has 22 heteroatoms. The number of hydrogen-bond acceptors (Lipinski definition) is 13.